The van der Waals surface area contributed by atoms with Crippen LogP contribution in [-0.4, -0.2) is 15.3 Å². The second-order valence-electron chi connectivity index (χ2n) is 5.44. The minimum atomic E-state index is -0.153. The van der Waals surface area contributed by atoms with Gasteiger partial charge in [0.15, 0.2) is 0 Å². The fourth-order valence-corrected chi connectivity index (χ4v) is 3.66. The number of ether oxygens (including phenoxy) is 1. The molecule has 0 saturated heterocycles. The lowest BCUT2D eigenvalue weighted by atomic mass is 10.2. The van der Waals surface area contributed by atoms with E-state index in [0.717, 1.165) is 11.3 Å². The normalized spacial score (nSPS) is 10.7. The molecule has 1 aromatic heterocycles. The maximum atomic E-state index is 12.5. The van der Waals surface area contributed by atoms with Gasteiger partial charge in [0.25, 0.3) is 5.56 Å². The van der Waals surface area contributed by atoms with Crippen LogP contribution in [0.1, 0.15) is 5.56 Å². The van der Waals surface area contributed by atoms with Gasteiger partial charge in [-0.3, -0.25) is 9.36 Å². The smallest absolute Gasteiger partial charge is 0.271 e. The Balaban J connectivity index is 1.60. The lowest BCUT2D eigenvalue weighted by Gasteiger charge is -2.10. The molecular weight excluding hydrogens is 436 g/mol. The van der Waals surface area contributed by atoms with E-state index in [1.165, 1.54) is 11.2 Å². The van der Waals surface area contributed by atoms with Crippen molar-refractivity contribution in [2.45, 2.75) is 18.0 Å². The van der Waals surface area contributed by atoms with Gasteiger partial charge in [0.1, 0.15) is 17.4 Å². The molecule has 0 aliphatic heterocycles. The molecule has 26 heavy (non-hydrogen) atoms. The molecule has 0 bridgehead atoms. The summed E-state index contributed by atoms with van der Waals surface area (Å²) in [6.45, 7) is 0.886. The number of halogens is 2. The van der Waals surface area contributed by atoms with E-state index in [0.29, 0.717) is 22.6 Å². The van der Waals surface area contributed by atoms with E-state index in [2.05, 4.69) is 33.0 Å². The quantitative estimate of drug-likeness (QED) is 0.473. The van der Waals surface area contributed by atoms with Crippen LogP contribution in [0, 0.1) is 0 Å². The fourth-order valence-electron chi connectivity index (χ4n) is 2.22. The summed E-state index contributed by atoms with van der Waals surface area (Å²) in [6.07, 6.45) is 1.52. The first kappa shape index (κ1) is 19.0. The first-order valence-electron chi connectivity index (χ1n) is 7.93. The van der Waals surface area contributed by atoms with E-state index in [-0.39, 0.29) is 11.4 Å². The number of aryl methyl sites for hydroxylation is 1. The molecule has 0 amide bonds. The van der Waals surface area contributed by atoms with Crippen LogP contribution >= 0.6 is 39.3 Å². The number of rotatable bonds is 7. The molecule has 7 heteroatoms. The van der Waals surface area contributed by atoms with Gasteiger partial charge < -0.3 is 4.74 Å². The van der Waals surface area contributed by atoms with E-state index >= 15 is 0 Å². The summed E-state index contributed by atoms with van der Waals surface area (Å²) in [5.74, 6) is 1.07. The van der Waals surface area contributed by atoms with Crippen LogP contribution in [0.2, 0.25) is 5.02 Å². The van der Waals surface area contributed by atoms with Crippen molar-refractivity contribution in [2.24, 2.45) is 0 Å². The van der Waals surface area contributed by atoms with Gasteiger partial charge in [-0.15, -0.1) is 11.8 Å². The van der Waals surface area contributed by atoms with Gasteiger partial charge >= 0.3 is 0 Å². The van der Waals surface area contributed by atoms with Crippen LogP contribution < -0.4 is 10.3 Å². The van der Waals surface area contributed by atoms with E-state index < -0.39 is 0 Å². The second-order valence-corrected chi connectivity index (χ2v) is 7.84. The van der Waals surface area contributed by atoms with E-state index in [1.807, 2.05) is 30.3 Å². The summed E-state index contributed by atoms with van der Waals surface area (Å²) in [7, 11) is 0. The molecule has 0 unspecified atom stereocenters. The van der Waals surface area contributed by atoms with Gasteiger partial charge in [-0.05, 0) is 45.8 Å². The van der Waals surface area contributed by atoms with Gasteiger partial charge in [0.05, 0.1) is 0 Å². The molecule has 0 radical (unpaired) electrons. The highest BCUT2D eigenvalue weighted by molar-refractivity contribution is 9.10. The summed E-state index contributed by atoms with van der Waals surface area (Å²) in [4.78, 5) is 17.9. The van der Waals surface area contributed by atoms with Crippen molar-refractivity contribution in [3.05, 3.63) is 86.3 Å². The molecule has 134 valence electrons. The van der Waals surface area contributed by atoms with Crippen molar-refractivity contribution in [3.63, 3.8) is 0 Å². The first-order valence-corrected chi connectivity index (χ1v) is 10.1. The van der Waals surface area contributed by atoms with Gasteiger partial charge in [-0.2, -0.15) is 0 Å². The summed E-state index contributed by atoms with van der Waals surface area (Å²) in [6, 6.07) is 17.4. The predicted octanol–water partition coefficient (Wildman–Crippen LogP) is 5.03. The maximum Gasteiger partial charge on any atom is 0.271 e. The molecule has 0 atom stereocenters. The van der Waals surface area contributed by atoms with Crippen LogP contribution in [0.15, 0.2) is 75.1 Å². The molecule has 1 heterocycles. The molecule has 0 saturated carbocycles. The van der Waals surface area contributed by atoms with Crippen molar-refractivity contribution in [1.29, 1.82) is 0 Å². The van der Waals surface area contributed by atoms with E-state index in [4.69, 9.17) is 16.3 Å². The Morgan fingerprint density at radius 3 is 2.58 bits per heavy atom. The van der Waals surface area contributed by atoms with E-state index in [9.17, 15) is 4.79 Å². The van der Waals surface area contributed by atoms with Crippen LogP contribution in [0.4, 0.5) is 0 Å². The Bertz CT molecular complexity index is 917. The molecule has 0 N–H and O–H groups in total. The fraction of sp³-hybridized carbons (Fsp3) is 0.158. The van der Waals surface area contributed by atoms with Gasteiger partial charge in [-0.25, -0.2) is 4.98 Å². The zero-order valence-electron chi connectivity index (χ0n) is 13.8. The molecule has 0 aliphatic carbocycles. The monoisotopic (exact) mass is 450 g/mol. The minimum absolute atomic E-state index is 0.153. The number of hydrogen-bond acceptors (Lipinski definition) is 4. The summed E-state index contributed by atoms with van der Waals surface area (Å²) < 4.78 is 7.56. The molecule has 3 rings (SSSR count). The molecule has 2 aromatic carbocycles. The third kappa shape index (κ3) is 5.13. The highest BCUT2D eigenvalue weighted by Crippen LogP contribution is 2.20. The summed E-state index contributed by atoms with van der Waals surface area (Å²) in [5, 5.41) is 0.670. The topological polar surface area (TPSA) is 44.1 Å². The number of thioether (sulfide) groups is 1. The van der Waals surface area contributed by atoms with Gasteiger partial charge in [0, 0.05) is 22.2 Å². The molecule has 0 spiro atoms. The number of aromatic nitrogens is 2. The van der Waals surface area contributed by atoms with Crippen molar-refractivity contribution >= 4 is 39.3 Å². The predicted molar refractivity (Wildman–Crippen MR) is 109 cm³/mol. The minimum Gasteiger partial charge on any atom is -0.472 e. The van der Waals surface area contributed by atoms with Crippen molar-refractivity contribution < 1.29 is 4.74 Å². The Hall–Kier alpha value is -1.76. The van der Waals surface area contributed by atoms with Crippen LogP contribution in [0.5, 0.6) is 5.88 Å². The zero-order valence-corrected chi connectivity index (χ0v) is 16.9. The maximum absolute atomic E-state index is 12.5. The standard InChI is InChI=1S/C19H16BrClN2O2S/c20-17-18(25-12-14-6-8-15(21)9-7-14)22-13-23(19(17)24)10-11-26-16-4-2-1-3-5-16/h1-9,13H,10-12H2. The Morgan fingerprint density at radius 2 is 1.85 bits per heavy atom. The highest BCUT2D eigenvalue weighted by atomic mass is 79.9. The lowest BCUT2D eigenvalue weighted by molar-refractivity contribution is 0.289. The SMILES string of the molecule is O=c1c(Br)c(OCc2ccc(Cl)cc2)ncn1CCSc1ccccc1. The molecule has 3 aromatic rings. The number of benzene rings is 2. The third-order valence-corrected chi connectivity index (χ3v) is 5.51. The molecule has 0 fully saturated rings. The van der Waals surface area contributed by atoms with Crippen molar-refractivity contribution in [3.8, 4) is 5.88 Å². The summed E-state index contributed by atoms with van der Waals surface area (Å²) in [5.41, 5.74) is 0.798. The molecular formula is C19H16BrClN2O2S. The van der Waals surface area contributed by atoms with Crippen LogP contribution in [-0.2, 0) is 13.2 Å². The first-order chi connectivity index (χ1) is 12.6. The Labute approximate surface area is 169 Å². The number of nitrogens with zero attached hydrogens (tertiary/aromatic N) is 2. The van der Waals surface area contributed by atoms with Crippen molar-refractivity contribution in [2.75, 3.05) is 5.75 Å². The average Bonchev–Trinajstić information content (AvgIpc) is 2.67. The highest BCUT2D eigenvalue weighted by Gasteiger charge is 2.10. The Morgan fingerprint density at radius 1 is 1.12 bits per heavy atom. The Kier molecular flexibility index (Phi) is 6.77. The second kappa shape index (κ2) is 9.26. The zero-order chi connectivity index (χ0) is 18.4. The third-order valence-electron chi connectivity index (χ3n) is 3.58. The van der Waals surface area contributed by atoms with Crippen LogP contribution in [0.25, 0.3) is 0 Å². The van der Waals surface area contributed by atoms with Gasteiger partial charge in [0.2, 0.25) is 5.88 Å². The lowest BCUT2D eigenvalue weighted by Crippen LogP contribution is -2.23. The number of hydrogen-bond donors (Lipinski definition) is 0. The molecule has 4 nitrogen and oxygen atoms in total. The average molecular weight is 452 g/mol. The largest absolute Gasteiger partial charge is 0.472 e. The van der Waals surface area contributed by atoms with Crippen LogP contribution in [0.3, 0.4) is 0 Å². The molecule has 0 aliphatic rings. The van der Waals surface area contributed by atoms with Gasteiger partial charge in [-0.1, -0.05) is 41.9 Å². The van der Waals surface area contributed by atoms with Crippen molar-refractivity contribution in [1.82, 2.24) is 9.55 Å². The van der Waals surface area contributed by atoms with E-state index in [1.54, 1.807) is 28.5 Å². The summed E-state index contributed by atoms with van der Waals surface area (Å²) >= 11 is 10.9.